The van der Waals surface area contributed by atoms with Crippen molar-refractivity contribution in [2.75, 3.05) is 14.2 Å². The smallest absolute Gasteiger partial charge is 0.320 e. The SMILES string of the molecule is COC(=O)C(C(=O)OC)C1[CH][CH][CH][CH][CH]/C=C\1. The molecule has 0 aromatic rings. The van der Waals surface area contributed by atoms with Gasteiger partial charge in [-0.25, -0.2) is 0 Å². The van der Waals surface area contributed by atoms with Gasteiger partial charge in [-0.2, -0.15) is 0 Å². The first-order chi connectivity index (χ1) is 8.20. The van der Waals surface area contributed by atoms with E-state index in [1.54, 1.807) is 25.0 Å². The number of esters is 2. The lowest BCUT2D eigenvalue weighted by molar-refractivity contribution is -0.160. The van der Waals surface area contributed by atoms with Crippen molar-refractivity contribution in [2.24, 2.45) is 11.8 Å². The Morgan fingerprint density at radius 2 is 1.59 bits per heavy atom. The minimum atomic E-state index is -0.961. The molecule has 1 unspecified atom stereocenters. The molecule has 0 saturated carbocycles. The molecular weight excluding hydrogens is 220 g/mol. The summed E-state index contributed by atoms with van der Waals surface area (Å²) in [5.74, 6) is -2.52. The van der Waals surface area contributed by atoms with Crippen molar-refractivity contribution in [3.63, 3.8) is 0 Å². The molecule has 1 aliphatic carbocycles. The molecule has 17 heavy (non-hydrogen) atoms. The first-order valence-corrected chi connectivity index (χ1v) is 5.21. The largest absolute Gasteiger partial charge is 0.468 e. The third-order valence-corrected chi connectivity index (χ3v) is 2.41. The van der Waals surface area contributed by atoms with Crippen molar-refractivity contribution in [1.82, 2.24) is 0 Å². The fourth-order valence-electron chi connectivity index (χ4n) is 1.53. The van der Waals surface area contributed by atoms with Gasteiger partial charge in [0, 0.05) is 5.92 Å². The Kier molecular flexibility index (Phi) is 5.73. The van der Waals surface area contributed by atoms with E-state index in [-0.39, 0.29) is 5.92 Å². The average molecular weight is 235 g/mol. The molecule has 0 amide bonds. The summed E-state index contributed by atoms with van der Waals surface area (Å²) in [4.78, 5) is 23.2. The summed E-state index contributed by atoms with van der Waals surface area (Å²) < 4.78 is 9.25. The van der Waals surface area contributed by atoms with Crippen LogP contribution in [0.2, 0.25) is 0 Å². The Balaban J connectivity index is 2.82. The van der Waals surface area contributed by atoms with Crippen molar-refractivity contribution in [3.8, 4) is 0 Å². The topological polar surface area (TPSA) is 52.6 Å². The van der Waals surface area contributed by atoms with Crippen molar-refractivity contribution in [2.45, 2.75) is 0 Å². The van der Waals surface area contributed by atoms with Crippen LogP contribution in [0.15, 0.2) is 12.2 Å². The Labute approximate surface area is 102 Å². The highest BCUT2D eigenvalue weighted by Gasteiger charge is 2.35. The van der Waals surface area contributed by atoms with Gasteiger partial charge in [-0.05, 0) is 32.1 Å². The first kappa shape index (κ1) is 13.7. The molecule has 4 nitrogen and oxygen atoms in total. The van der Waals surface area contributed by atoms with E-state index < -0.39 is 17.9 Å². The van der Waals surface area contributed by atoms with E-state index in [0.717, 1.165) is 0 Å². The van der Waals surface area contributed by atoms with E-state index in [1.165, 1.54) is 14.2 Å². The Bertz CT molecular complexity index is 280. The molecule has 0 aromatic carbocycles. The van der Waals surface area contributed by atoms with Crippen LogP contribution in [0.4, 0.5) is 0 Å². The van der Waals surface area contributed by atoms with Gasteiger partial charge in [0.05, 0.1) is 14.2 Å². The molecule has 91 valence electrons. The molecule has 0 saturated heterocycles. The van der Waals surface area contributed by atoms with E-state index in [4.69, 9.17) is 0 Å². The average Bonchev–Trinajstić information content (AvgIpc) is 2.31. The fraction of sp³-hybridized carbons (Fsp3) is 0.308. The third kappa shape index (κ3) is 3.88. The molecule has 0 heterocycles. The summed E-state index contributed by atoms with van der Waals surface area (Å²) in [7, 11) is 2.50. The summed E-state index contributed by atoms with van der Waals surface area (Å²) >= 11 is 0. The maximum atomic E-state index is 11.6. The maximum Gasteiger partial charge on any atom is 0.320 e. The predicted octanol–water partition coefficient (Wildman–Crippen LogP) is 1.16. The van der Waals surface area contributed by atoms with Gasteiger partial charge in [0.15, 0.2) is 5.92 Å². The number of rotatable bonds is 3. The monoisotopic (exact) mass is 235 g/mol. The van der Waals surface area contributed by atoms with Gasteiger partial charge in [-0.15, -0.1) is 0 Å². The summed E-state index contributed by atoms with van der Waals surface area (Å²) in [5, 5.41) is 0. The Morgan fingerprint density at radius 3 is 2.18 bits per heavy atom. The zero-order valence-electron chi connectivity index (χ0n) is 9.83. The molecule has 1 aliphatic rings. The van der Waals surface area contributed by atoms with E-state index >= 15 is 0 Å². The number of carbonyl (C=O) groups is 2. The summed E-state index contributed by atoms with van der Waals surface area (Å²) in [6.45, 7) is 0. The van der Waals surface area contributed by atoms with Crippen molar-refractivity contribution < 1.29 is 19.1 Å². The second-order valence-electron chi connectivity index (χ2n) is 3.45. The zero-order chi connectivity index (χ0) is 12.7. The summed E-state index contributed by atoms with van der Waals surface area (Å²) in [5.41, 5.74) is 0. The number of ether oxygens (including phenoxy) is 2. The molecule has 0 fully saturated rings. The van der Waals surface area contributed by atoms with Crippen LogP contribution in [0.25, 0.3) is 0 Å². The Hall–Kier alpha value is -1.32. The first-order valence-electron chi connectivity index (χ1n) is 5.21. The van der Waals surface area contributed by atoms with E-state index in [9.17, 15) is 9.59 Å². The molecule has 0 N–H and O–H groups in total. The van der Waals surface area contributed by atoms with E-state index in [1.807, 2.05) is 19.3 Å². The highest BCUT2D eigenvalue weighted by atomic mass is 16.5. The van der Waals surface area contributed by atoms with Gasteiger partial charge < -0.3 is 9.47 Å². The third-order valence-electron chi connectivity index (χ3n) is 2.41. The lowest BCUT2D eigenvalue weighted by atomic mass is 9.85. The van der Waals surface area contributed by atoms with E-state index in [0.29, 0.717) is 0 Å². The molecule has 0 spiro atoms. The zero-order valence-corrected chi connectivity index (χ0v) is 9.83. The second kappa shape index (κ2) is 7.09. The minimum absolute atomic E-state index is 0.365. The van der Waals surface area contributed by atoms with Crippen LogP contribution in [-0.2, 0) is 19.1 Å². The van der Waals surface area contributed by atoms with Crippen LogP contribution >= 0.6 is 0 Å². The predicted molar refractivity (Wildman–Crippen MR) is 61.7 cm³/mol. The van der Waals surface area contributed by atoms with Gasteiger partial charge in [0.25, 0.3) is 0 Å². The summed E-state index contributed by atoms with van der Waals surface area (Å²) in [6.07, 6.45) is 12.6. The fourth-order valence-corrected chi connectivity index (χ4v) is 1.53. The molecule has 0 bridgehead atoms. The van der Waals surface area contributed by atoms with Crippen LogP contribution < -0.4 is 0 Å². The molecule has 1 atom stereocenters. The van der Waals surface area contributed by atoms with Crippen LogP contribution in [0, 0.1) is 43.9 Å². The van der Waals surface area contributed by atoms with Crippen molar-refractivity contribution >= 4 is 11.9 Å². The second-order valence-corrected chi connectivity index (χ2v) is 3.45. The van der Waals surface area contributed by atoms with Gasteiger partial charge in [-0.3, -0.25) is 9.59 Å². The highest BCUT2D eigenvalue weighted by molar-refractivity contribution is 5.95. The van der Waals surface area contributed by atoms with Gasteiger partial charge in [0.1, 0.15) is 0 Å². The lowest BCUT2D eigenvalue weighted by Gasteiger charge is -2.21. The van der Waals surface area contributed by atoms with Crippen molar-refractivity contribution in [1.29, 1.82) is 0 Å². The van der Waals surface area contributed by atoms with Gasteiger partial charge in [0.2, 0.25) is 0 Å². The quantitative estimate of drug-likeness (QED) is 0.544. The van der Waals surface area contributed by atoms with Crippen LogP contribution in [-0.4, -0.2) is 26.2 Å². The highest BCUT2D eigenvalue weighted by Crippen LogP contribution is 2.24. The number of carbonyl (C=O) groups excluding carboxylic acids is 2. The standard InChI is InChI=1S/C13H15O4/c1-16-12(14)11(13(15)17-2)10-8-6-4-3-5-7-9-10/h3-11H,1-2H3/b8-6-. The minimum Gasteiger partial charge on any atom is -0.468 e. The maximum absolute atomic E-state index is 11.6. The number of hydrogen-bond donors (Lipinski definition) is 0. The molecule has 4 heteroatoms. The van der Waals surface area contributed by atoms with Crippen LogP contribution in [0.1, 0.15) is 0 Å². The summed E-state index contributed by atoms with van der Waals surface area (Å²) in [6, 6.07) is 0. The normalized spacial score (nSPS) is 22.4. The van der Waals surface area contributed by atoms with Crippen LogP contribution in [0.3, 0.4) is 0 Å². The number of hydrogen-bond acceptors (Lipinski definition) is 4. The van der Waals surface area contributed by atoms with Gasteiger partial charge in [-0.1, -0.05) is 12.2 Å². The molecule has 1 rings (SSSR count). The van der Waals surface area contributed by atoms with Gasteiger partial charge >= 0.3 is 11.9 Å². The number of allylic oxidation sites excluding steroid dienone is 2. The Morgan fingerprint density at radius 1 is 1.00 bits per heavy atom. The van der Waals surface area contributed by atoms with Crippen molar-refractivity contribution in [3.05, 3.63) is 44.3 Å². The molecule has 5 radical (unpaired) electrons. The molecule has 0 aliphatic heterocycles. The molecule has 0 aromatic heterocycles. The van der Waals surface area contributed by atoms with Crippen LogP contribution in [0.5, 0.6) is 0 Å². The molecular formula is C13H15O4. The van der Waals surface area contributed by atoms with E-state index in [2.05, 4.69) is 9.47 Å². The lowest BCUT2D eigenvalue weighted by Crippen LogP contribution is -2.33. The number of methoxy groups -OCH3 is 2.